The number of nitrogens with one attached hydrogen (secondary N) is 1. The standard InChI is InChI=1S/C20H25N3O3.HI/c1-25-17-8-7-14(11-18(17)26-2)12-22-19(21)23-13-20(24)10-9-15-5-3-4-6-16(15)20;/h3-8,11,24H,9-10,12-13H2,1-2H3,(H3,21,22,23);1H. The van der Waals surface area contributed by atoms with E-state index in [2.05, 4.69) is 16.4 Å². The van der Waals surface area contributed by atoms with Gasteiger partial charge in [0, 0.05) is 0 Å². The fourth-order valence-corrected chi connectivity index (χ4v) is 3.30. The summed E-state index contributed by atoms with van der Waals surface area (Å²) in [7, 11) is 3.20. The molecule has 0 bridgehead atoms. The molecule has 7 heteroatoms. The van der Waals surface area contributed by atoms with E-state index < -0.39 is 5.60 Å². The first-order valence-corrected chi connectivity index (χ1v) is 8.61. The number of benzene rings is 2. The third-order valence-electron chi connectivity index (χ3n) is 4.77. The number of guanidine groups is 1. The maximum atomic E-state index is 10.9. The van der Waals surface area contributed by atoms with Crippen LogP contribution in [-0.4, -0.2) is 31.8 Å². The number of halogens is 1. The number of aryl methyl sites for hydroxylation is 1. The lowest BCUT2D eigenvalue weighted by atomic mass is 9.96. The second-order valence-electron chi connectivity index (χ2n) is 6.43. The molecule has 6 nitrogen and oxygen atoms in total. The molecular weight excluding hydrogens is 457 g/mol. The molecule has 27 heavy (non-hydrogen) atoms. The van der Waals surface area contributed by atoms with Crippen molar-refractivity contribution in [2.45, 2.75) is 25.0 Å². The van der Waals surface area contributed by atoms with Crippen molar-refractivity contribution < 1.29 is 14.6 Å². The van der Waals surface area contributed by atoms with Crippen LogP contribution in [0.3, 0.4) is 0 Å². The number of methoxy groups -OCH3 is 2. The number of aliphatic hydroxyl groups is 1. The summed E-state index contributed by atoms with van der Waals surface area (Å²) in [6.07, 6.45) is 1.55. The van der Waals surface area contributed by atoms with Crippen LogP contribution in [0.2, 0.25) is 0 Å². The largest absolute Gasteiger partial charge is 0.493 e. The smallest absolute Gasteiger partial charge is 0.189 e. The van der Waals surface area contributed by atoms with E-state index in [-0.39, 0.29) is 24.0 Å². The van der Waals surface area contributed by atoms with Crippen LogP contribution in [0.1, 0.15) is 23.1 Å². The Labute approximate surface area is 176 Å². The van der Waals surface area contributed by atoms with Gasteiger partial charge in [-0.1, -0.05) is 30.3 Å². The summed E-state index contributed by atoms with van der Waals surface area (Å²) in [5.41, 5.74) is 8.19. The Morgan fingerprint density at radius 3 is 2.67 bits per heavy atom. The van der Waals surface area contributed by atoms with Crippen molar-refractivity contribution in [2.24, 2.45) is 10.7 Å². The fraction of sp³-hybridized carbons (Fsp3) is 0.350. The molecule has 2 aromatic carbocycles. The first-order chi connectivity index (χ1) is 12.6. The van der Waals surface area contributed by atoms with Gasteiger partial charge >= 0.3 is 0 Å². The number of fused-ring (bicyclic) bond motifs is 1. The zero-order chi connectivity index (χ0) is 18.6. The summed E-state index contributed by atoms with van der Waals surface area (Å²) in [6.45, 7) is 0.749. The molecule has 0 heterocycles. The van der Waals surface area contributed by atoms with Crippen molar-refractivity contribution in [2.75, 3.05) is 20.8 Å². The molecule has 0 amide bonds. The number of nitrogens with zero attached hydrogens (tertiary/aromatic N) is 1. The zero-order valence-electron chi connectivity index (χ0n) is 15.6. The lowest BCUT2D eigenvalue weighted by Gasteiger charge is -2.24. The maximum Gasteiger partial charge on any atom is 0.189 e. The molecule has 0 aliphatic heterocycles. The average Bonchev–Trinajstić information content (AvgIpc) is 3.02. The van der Waals surface area contributed by atoms with Crippen molar-refractivity contribution >= 4 is 29.9 Å². The van der Waals surface area contributed by atoms with E-state index in [1.54, 1.807) is 14.2 Å². The number of rotatable bonds is 6. The lowest BCUT2D eigenvalue weighted by Crippen LogP contribution is -2.42. The minimum Gasteiger partial charge on any atom is -0.493 e. The van der Waals surface area contributed by atoms with Crippen LogP contribution in [0.25, 0.3) is 0 Å². The van der Waals surface area contributed by atoms with Gasteiger partial charge in [-0.15, -0.1) is 24.0 Å². The molecule has 1 aliphatic carbocycles. The summed E-state index contributed by atoms with van der Waals surface area (Å²) in [5.74, 6) is 1.63. The van der Waals surface area contributed by atoms with E-state index in [1.165, 1.54) is 5.56 Å². The van der Waals surface area contributed by atoms with Crippen LogP contribution < -0.4 is 20.5 Å². The van der Waals surface area contributed by atoms with Crippen LogP contribution in [0, 0.1) is 0 Å². The van der Waals surface area contributed by atoms with E-state index in [0.29, 0.717) is 37.0 Å². The van der Waals surface area contributed by atoms with Crippen LogP contribution in [0.4, 0.5) is 0 Å². The number of aliphatic imine (C=N–C) groups is 1. The summed E-state index contributed by atoms with van der Waals surface area (Å²) in [5, 5.41) is 13.9. The molecule has 0 fully saturated rings. The van der Waals surface area contributed by atoms with Crippen LogP contribution >= 0.6 is 24.0 Å². The molecule has 2 aromatic rings. The van der Waals surface area contributed by atoms with E-state index in [9.17, 15) is 5.11 Å². The zero-order valence-corrected chi connectivity index (χ0v) is 17.9. The summed E-state index contributed by atoms with van der Waals surface area (Å²) >= 11 is 0. The lowest BCUT2D eigenvalue weighted by molar-refractivity contribution is 0.0433. The molecule has 4 N–H and O–H groups in total. The monoisotopic (exact) mass is 483 g/mol. The number of nitrogens with two attached hydrogens (primary N) is 1. The molecule has 0 radical (unpaired) electrons. The molecule has 1 atom stereocenters. The van der Waals surface area contributed by atoms with Gasteiger partial charge in [0.2, 0.25) is 0 Å². The Bertz CT molecular complexity index is 813. The van der Waals surface area contributed by atoms with Gasteiger partial charge in [0.15, 0.2) is 17.5 Å². The molecule has 0 aromatic heterocycles. The summed E-state index contributed by atoms with van der Waals surface area (Å²) in [4.78, 5) is 4.35. The van der Waals surface area contributed by atoms with E-state index >= 15 is 0 Å². The number of hydrogen-bond acceptors (Lipinski definition) is 4. The molecule has 1 aliphatic rings. The minimum absolute atomic E-state index is 0. The maximum absolute atomic E-state index is 10.9. The molecule has 0 saturated carbocycles. The highest BCUT2D eigenvalue weighted by atomic mass is 127. The predicted octanol–water partition coefficient (Wildman–Crippen LogP) is 2.56. The summed E-state index contributed by atoms with van der Waals surface area (Å²) < 4.78 is 10.5. The van der Waals surface area contributed by atoms with Crippen molar-refractivity contribution in [3.63, 3.8) is 0 Å². The highest BCUT2D eigenvalue weighted by molar-refractivity contribution is 14.0. The Morgan fingerprint density at radius 2 is 1.93 bits per heavy atom. The van der Waals surface area contributed by atoms with Crippen LogP contribution in [0.15, 0.2) is 47.5 Å². The quantitative estimate of drug-likeness (QED) is 0.334. The number of hydrogen-bond donors (Lipinski definition) is 3. The van der Waals surface area contributed by atoms with E-state index in [0.717, 1.165) is 17.5 Å². The Morgan fingerprint density at radius 1 is 1.19 bits per heavy atom. The van der Waals surface area contributed by atoms with Gasteiger partial charge in [0.05, 0.1) is 27.3 Å². The van der Waals surface area contributed by atoms with Crippen molar-refractivity contribution in [1.82, 2.24) is 5.32 Å². The minimum atomic E-state index is -0.903. The van der Waals surface area contributed by atoms with Gasteiger partial charge in [-0.25, -0.2) is 4.99 Å². The van der Waals surface area contributed by atoms with E-state index in [1.807, 2.05) is 36.4 Å². The Balaban J connectivity index is 0.00000261. The van der Waals surface area contributed by atoms with Gasteiger partial charge in [0.25, 0.3) is 0 Å². The average molecular weight is 483 g/mol. The molecule has 146 valence electrons. The van der Waals surface area contributed by atoms with Crippen LogP contribution in [0.5, 0.6) is 11.5 Å². The van der Waals surface area contributed by atoms with Crippen molar-refractivity contribution in [3.05, 3.63) is 59.2 Å². The molecule has 3 rings (SSSR count). The molecule has 0 saturated heterocycles. The third-order valence-corrected chi connectivity index (χ3v) is 4.77. The summed E-state index contributed by atoms with van der Waals surface area (Å²) in [6, 6.07) is 13.6. The Hall–Kier alpha value is -2.00. The fourth-order valence-electron chi connectivity index (χ4n) is 3.30. The normalized spacial score (nSPS) is 18.4. The second-order valence-corrected chi connectivity index (χ2v) is 6.43. The van der Waals surface area contributed by atoms with Crippen LogP contribution in [-0.2, 0) is 18.6 Å². The van der Waals surface area contributed by atoms with Gasteiger partial charge in [-0.3, -0.25) is 0 Å². The van der Waals surface area contributed by atoms with Gasteiger partial charge in [-0.05, 0) is 41.7 Å². The second kappa shape index (κ2) is 9.27. The topological polar surface area (TPSA) is 89.1 Å². The highest BCUT2D eigenvalue weighted by Gasteiger charge is 2.36. The van der Waals surface area contributed by atoms with Crippen molar-refractivity contribution in [1.29, 1.82) is 0 Å². The highest BCUT2D eigenvalue weighted by Crippen LogP contribution is 2.36. The molecule has 1 unspecified atom stereocenters. The third kappa shape index (κ3) is 4.84. The van der Waals surface area contributed by atoms with Crippen molar-refractivity contribution in [3.8, 4) is 11.5 Å². The van der Waals surface area contributed by atoms with Gasteiger partial charge in [-0.2, -0.15) is 0 Å². The first-order valence-electron chi connectivity index (χ1n) is 8.61. The van der Waals surface area contributed by atoms with E-state index in [4.69, 9.17) is 15.2 Å². The van der Waals surface area contributed by atoms with Gasteiger partial charge < -0.3 is 25.6 Å². The Kier molecular flexibility index (Phi) is 7.32. The van der Waals surface area contributed by atoms with Gasteiger partial charge in [0.1, 0.15) is 5.60 Å². The number of ether oxygens (including phenoxy) is 2. The predicted molar refractivity (Wildman–Crippen MR) is 117 cm³/mol. The SMILES string of the molecule is COc1ccc(CN=C(N)NCC2(O)CCc3ccccc32)cc1OC.I. The molecule has 0 spiro atoms. The first kappa shape index (κ1) is 21.3. The molecular formula is C20H26IN3O3.